The van der Waals surface area contributed by atoms with Crippen molar-refractivity contribution in [3.05, 3.63) is 110 Å². The van der Waals surface area contributed by atoms with E-state index in [0.29, 0.717) is 22.3 Å². The molecule has 0 aliphatic rings. The summed E-state index contributed by atoms with van der Waals surface area (Å²) in [4.78, 5) is 40.8. The van der Waals surface area contributed by atoms with Gasteiger partial charge in [0, 0.05) is 35.0 Å². The summed E-state index contributed by atoms with van der Waals surface area (Å²) >= 11 is 0. The first-order valence-corrected chi connectivity index (χ1v) is 9.63. The van der Waals surface area contributed by atoms with E-state index in [1.54, 1.807) is 37.3 Å². The number of aromatic nitrogens is 2. The van der Waals surface area contributed by atoms with Gasteiger partial charge in [-0.3, -0.25) is 24.3 Å². The van der Waals surface area contributed by atoms with Gasteiger partial charge in [-0.1, -0.05) is 18.2 Å². The van der Waals surface area contributed by atoms with Gasteiger partial charge in [-0.25, -0.2) is 9.37 Å². The number of fused-ring (bicyclic) bond motifs is 1. The lowest BCUT2D eigenvalue weighted by molar-refractivity contribution is -0.384. The first-order chi connectivity index (χ1) is 15.3. The van der Waals surface area contributed by atoms with E-state index < -0.39 is 22.2 Å². The number of hydrogen-bond acceptors (Lipinski definition) is 5. The van der Waals surface area contributed by atoms with Crippen molar-refractivity contribution in [2.45, 2.75) is 13.5 Å². The van der Waals surface area contributed by atoms with Crippen molar-refractivity contribution in [1.82, 2.24) is 9.55 Å². The van der Waals surface area contributed by atoms with Gasteiger partial charge < -0.3 is 5.32 Å². The monoisotopic (exact) mass is 432 g/mol. The third-order valence-corrected chi connectivity index (χ3v) is 5.05. The van der Waals surface area contributed by atoms with Crippen molar-refractivity contribution in [3.63, 3.8) is 0 Å². The lowest BCUT2D eigenvalue weighted by atomic mass is 10.1. The molecule has 1 amide bonds. The minimum Gasteiger partial charge on any atom is -0.322 e. The fourth-order valence-electron chi connectivity index (χ4n) is 3.40. The van der Waals surface area contributed by atoms with E-state index >= 15 is 0 Å². The molecule has 0 aliphatic carbocycles. The number of benzene rings is 2. The Morgan fingerprint density at radius 2 is 1.94 bits per heavy atom. The molecule has 2 heterocycles. The molecule has 9 heteroatoms. The highest BCUT2D eigenvalue weighted by atomic mass is 19.1. The number of halogens is 1. The molecule has 1 N–H and O–H groups in total. The van der Waals surface area contributed by atoms with Crippen LogP contribution in [0.4, 0.5) is 15.8 Å². The maximum Gasteiger partial charge on any atom is 0.269 e. The van der Waals surface area contributed by atoms with E-state index in [4.69, 9.17) is 0 Å². The summed E-state index contributed by atoms with van der Waals surface area (Å²) in [7, 11) is 0. The maximum absolute atomic E-state index is 14.2. The predicted octanol–water partition coefficient (Wildman–Crippen LogP) is 4.05. The van der Waals surface area contributed by atoms with E-state index in [0.717, 1.165) is 0 Å². The third-order valence-electron chi connectivity index (χ3n) is 5.05. The van der Waals surface area contributed by atoms with E-state index in [2.05, 4.69) is 10.3 Å². The van der Waals surface area contributed by atoms with Crippen LogP contribution >= 0.6 is 0 Å². The second-order valence-corrected chi connectivity index (χ2v) is 7.17. The van der Waals surface area contributed by atoms with Crippen LogP contribution in [0, 0.1) is 22.9 Å². The summed E-state index contributed by atoms with van der Waals surface area (Å²) in [6, 6.07) is 14.9. The van der Waals surface area contributed by atoms with Crippen LogP contribution in [0.5, 0.6) is 0 Å². The first-order valence-electron chi connectivity index (χ1n) is 9.63. The molecule has 0 spiro atoms. The number of anilines is 1. The van der Waals surface area contributed by atoms with Crippen molar-refractivity contribution >= 4 is 28.3 Å². The maximum atomic E-state index is 14.2. The number of hydrogen-bond donors (Lipinski definition) is 1. The normalized spacial score (nSPS) is 10.8. The van der Waals surface area contributed by atoms with Gasteiger partial charge in [0.25, 0.3) is 17.2 Å². The van der Waals surface area contributed by atoms with Crippen molar-refractivity contribution in [3.8, 4) is 0 Å². The Balaban J connectivity index is 1.77. The summed E-state index contributed by atoms with van der Waals surface area (Å²) in [6.07, 6.45) is 1.51. The lowest BCUT2D eigenvalue weighted by Crippen LogP contribution is -2.30. The number of pyridine rings is 2. The SMILES string of the molecule is Cc1cc([N+](=O)[O-])ccc1NC(=O)c1cc2cccnc2n(Cc2ccccc2F)c1=O. The standard InChI is InChI=1S/C23H17FN4O4/c1-14-11-17(28(31)32)8-9-20(14)26-22(29)18-12-15-6-4-10-25-21(15)27(23(18)30)13-16-5-2-3-7-19(16)24/h2-12H,13H2,1H3,(H,26,29). The molecule has 0 atom stereocenters. The third kappa shape index (κ3) is 3.95. The molecule has 0 saturated heterocycles. The van der Waals surface area contributed by atoms with Crippen LogP contribution in [0.2, 0.25) is 0 Å². The predicted molar refractivity (Wildman–Crippen MR) is 117 cm³/mol. The van der Waals surface area contributed by atoms with E-state index in [1.165, 1.54) is 41.1 Å². The molecular formula is C23H17FN4O4. The van der Waals surface area contributed by atoms with Gasteiger partial charge in [-0.05, 0) is 42.8 Å². The Hall–Kier alpha value is -4.40. The molecule has 4 aromatic rings. The highest BCUT2D eigenvalue weighted by Gasteiger charge is 2.19. The fourth-order valence-corrected chi connectivity index (χ4v) is 3.40. The zero-order chi connectivity index (χ0) is 22.8. The molecule has 32 heavy (non-hydrogen) atoms. The number of carbonyl (C=O) groups excluding carboxylic acids is 1. The van der Waals surface area contributed by atoms with E-state index in [1.807, 2.05) is 0 Å². The number of nitro groups is 1. The van der Waals surface area contributed by atoms with Gasteiger partial charge in [-0.2, -0.15) is 0 Å². The minimum absolute atomic E-state index is 0.100. The molecule has 0 fully saturated rings. The van der Waals surface area contributed by atoms with Crippen molar-refractivity contribution < 1.29 is 14.1 Å². The highest BCUT2D eigenvalue weighted by Crippen LogP contribution is 2.22. The zero-order valence-corrected chi connectivity index (χ0v) is 16.9. The molecule has 0 bridgehead atoms. The second-order valence-electron chi connectivity index (χ2n) is 7.17. The Morgan fingerprint density at radius 3 is 2.66 bits per heavy atom. The van der Waals surface area contributed by atoms with Gasteiger partial charge in [0.05, 0.1) is 11.5 Å². The minimum atomic E-state index is -0.681. The quantitative estimate of drug-likeness (QED) is 0.378. The number of nitrogens with zero attached hydrogens (tertiary/aromatic N) is 3. The molecule has 2 aromatic carbocycles. The van der Waals surface area contributed by atoms with Gasteiger partial charge in [0.1, 0.15) is 17.0 Å². The Kier molecular flexibility index (Phi) is 5.46. The topological polar surface area (TPSA) is 107 Å². The molecule has 0 saturated carbocycles. The second kappa shape index (κ2) is 8.38. The summed E-state index contributed by atoms with van der Waals surface area (Å²) in [6.45, 7) is 1.51. The van der Waals surface area contributed by atoms with Crippen LogP contribution in [-0.2, 0) is 6.54 Å². The Labute approximate surface area is 181 Å². The molecule has 0 aliphatic heterocycles. The van der Waals surface area contributed by atoms with Gasteiger partial charge in [0.2, 0.25) is 0 Å². The zero-order valence-electron chi connectivity index (χ0n) is 16.9. The van der Waals surface area contributed by atoms with Gasteiger partial charge in [-0.15, -0.1) is 0 Å². The summed E-state index contributed by atoms with van der Waals surface area (Å²) in [5.41, 5.74) is 0.531. The summed E-state index contributed by atoms with van der Waals surface area (Å²) < 4.78 is 15.5. The molecule has 4 rings (SSSR count). The van der Waals surface area contributed by atoms with Crippen molar-refractivity contribution in [2.75, 3.05) is 5.32 Å². The number of carbonyl (C=O) groups is 1. The van der Waals surface area contributed by atoms with Crippen LogP contribution in [0.15, 0.2) is 71.7 Å². The number of aryl methyl sites for hydroxylation is 1. The fraction of sp³-hybridized carbons (Fsp3) is 0.0870. The average molecular weight is 432 g/mol. The number of non-ortho nitro benzene ring substituents is 1. The van der Waals surface area contributed by atoms with Crippen LogP contribution in [0.1, 0.15) is 21.5 Å². The summed E-state index contributed by atoms with van der Waals surface area (Å²) in [5.74, 6) is -1.15. The van der Waals surface area contributed by atoms with Crippen LogP contribution in [0.3, 0.4) is 0 Å². The van der Waals surface area contributed by atoms with E-state index in [-0.39, 0.29) is 23.4 Å². The van der Waals surface area contributed by atoms with Crippen LogP contribution in [0.25, 0.3) is 11.0 Å². The van der Waals surface area contributed by atoms with Crippen LogP contribution < -0.4 is 10.9 Å². The Morgan fingerprint density at radius 1 is 1.16 bits per heavy atom. The molecule has 8 nitrogen and oxygen atoms in total. The highest BCUT2D eigenvalue weighted by molar-refractivity contribution is 6.06. The molecule has 0 radical (unpaired) electrons. The molecular weight excluding hydrogens is 415 g/mol. The number of rotatable bonds is 5. The lowest BCUT2D eigenvalue weighted by Gasteiger charge is -2.13. The van der Waals surface area contributed by atoms with Gasteiger partial charge >= 0.3 is 0 Å². The first kappa shape index (κ1) is 20.9. The molecule has 160 valence electrons. The van der Waals surface area contributed by atoms with Gasteiger partial charge in [0.15, 0.2) is 0 Å². The largest absolute Gasteiger partial charge is 0.322 e. The Bertz CT molecular complexity index is 1430. The number of amides is 1. The molecule has 2 aromatic heterocycles. The van der Waals surface area contributed by atoms with Crippen molar-refractivity contribution in [1.29, 1.82) is 0 Å². The number of nitrogens with one attached hydrogen (secondary N) is 1. The van der Waals surface area contributed by atoms with E-state index in [9.17, 15) is 24.1 Å². The molecule has 0 unspecified atom stereocenters. The smallest absolute Gasteiger partial charge is 0.269 e. The van der Waals surface area contributed by atoms with Crippen molar-refractivity contribution in [2.24, 2.45) is 0 Å². The summed E-state index contributed by atoms with van der Waals surface area (Å²) in [5, 5.41) is 14.1. The van der Waals surface area contributed by atoms with Crippen LogP contribution in [-0.4, -0.2) is 20.4 Å². The average Bonchev–Trinajstić information content (AvgIpc) is 2.78. The number of nitro benzene ring substituents is 1.